The van der Waals surface area contributed by atoms with Crippen LogP contribution in [0.5, 0.6) is 0 Å². The molecule has 6 fully saturated rings. The molecule has 0 spiro atoms. The van der Waals surface area contributed by atoms with Crippen LogP contribution in [0.15, 0.2) is 0 Å². The summed E-state index contributed by atoms with van der Waals surface area (Å²) in [6.07, 6.45) is -11.2. The zero-order chi connectivity index (χ0) is 20.0. The van der Waals surface area contributed by atoms with Crippen molar-refractivity contribution in [3.63, 3.8) is 0 Å². The Balaban J connectivity index is 1.19. The van der Waals surface area contributed by atoms with Gasteiger partial charge in [-0.3, -0.25) is 0 Å². The summed E-state index contributed by atoms with van der Waals surface area (Å²) in [4.78, 5) is 0. The van der Waals surface area contributed by atoms with Crippen LogP contribution in [0.3, 0.4) is 0 Å². The van der Waals surface area contributed by atoms with Gasteiger partial charge in [-0.25, -0.2) is 0 Å². The van der Waals surface area contributed by atoms with Crippen LogP contribution in [-0.4, -0.2) is 115 Å². The topological polar surface area (TPSA) is 154 Å². The average molecular weight is 420 g/mol. The van der Waals surface area contributed by atoms with Gasteiger partial charge >= 0.3 is 0 Å². The molecule has 14 unspecified atom stereocenters. The van der Waals surface area contributed by atoms with E-state index >= 15 is 0 Å². The molecule has 12 nitrogen and oxygen atoms in total. The Morgan fingerprint density at radius 2 is 1.03 bits per heavy atom. The number of hydrogen-bond acceptors (Lipinski definition) is 12. The molecule has 12 heteroatoms. The molecule has 3 N–H and O–H groups in total. The van der Waals surface area contributed by atoms with Gasteiger partial charge in [-0.05, 0) is 6.92 Å². The number of epoxide rings is 3. The van der Waals surface area contributed by atoms with Gasteiger partial charge in [0.25, 0.3) is 0 Å². The Labute approximate surface area is 165 Å². The minimum atomic E-state index is -1.08. The van der Waals surface area contributed by atoms with Gasteiger partial charge in [0.05, 0.1) is 6.10 Å². The molecule has 0 radical (unpaired) electrons. The molecule has 0 saturated carbocycles. The van der Waals surface area contributed by atoms with Gasteiger partial charge in [0.15, 0.2) is 31.5 Å². The van der Waals surface area contributed by atoms with E-state index in [1.807, 2.05) is 0 Å². The molecule has 0 aromatic carbocycles. The molecule has 164 valence electrons. The summed E-state index contributed by atoms with van der Waals surface area (Å²) in [5.41, 5.74) is 0. The highest BCUT2D eigenvalue weighted by Crippen LogP contribution is 2.43. The molecule has 0 aromatic heterocycles. The van der Waals surface area contributed by atoms with Gasteiger partial charge in [0, 0.05) is 7.11 Å². The minimum absolute atomic E-state index is 0.424. The number of ether oxygens (including phenoxy) is 9. The van der Waals surface area contributed by atoms with E-state index in [2.05, 4.69) is 0 Å². The van der Waals surface area contributed by atoms with Crippen molar-refractivity contribution in [2.24, 2.45) is 0 Å². The Bertz CT molecular complexity index is 650. The van der Waals surface area contributed by atoms with Crippen LogP contribution >= 0.6 is 0 Å². The highest BCUT2D eigenvalue weighted by atomic mass is 16.9. The van der Waals surface area contributed by atoms with Crippen molar-refractivity contribution in [1.82, 2.24) is 0 Å². The molecule has 0 aliphatic carbocycles. The highest BCUT2D eigenvalue weighted by Gasteiger charge is 2.63. The third-order valence-corrected chi connectivity index (χ3v) is 6.21. The number of rotatable bonds is 5. The highest BCUT2D eigenvalue weighted by molar-refractivity contribution is 5.01. The maximum atomic E-state index is 10.7. The van der Waals surface area contributed by atoms with Gasteiger partial charge in [-0.2, -0.15) is 0 Å². The first kappa shape index (κ1) is 19.2. The summed E-state index contributed by atoms with van der Waals surface area (Å²) < 4.78 is 50.1. The first-order valence-corrected chi connectivity index (χ1v) is 9.77. The second-order valence-electron chi connectivity index (χ2n) is 8.13. The number of aliphatic hydroxyl groups is 3. The number of fused-ring (bicyclic) bond motifs is 3. The zero-order valence-electron chi connectivity index (χ0n) is 15.7. The van der Waals surface area contributed by atoms with Crippen LogP contribution in [0, 0.1) is 0 Å². The molecular weight excluding hydrogens is 396 g/mol. The van der Waals surface area contributed by atoms with Crippen molar-refractivity contribution in [3.05, 3.63) is 0 Å². The monoisotopic (exact) mass is 420 g/mol. The Kier molecular flexibility index (Phi) is 4.48. The van der Waals surface area contributed by atoms with Crippen LogP contribution in [-0.2, 0) is 42.6 Å². The molecule has 0 bridgehead atoms. The van der Waals surface area contributed by atoms with Crippen LogP contribution in [0.2, 0.25) is 0 Å². The summed E-state index contributed by atoms with van der Waals surface area (Å²) >= 11 is 0. The first-order chi connectivity index (χ1) is 14.0. The quantitative estimate of drug-likeness (QED) is 0.393. The van der Waals surface area contributed by atoms with Crippen LogP contribution < -0.4 is 0 Å². The van der Waals surface area contributed by atoms with Crippen molar-refractivity contribution in [3.8, 4) is 0 Å². The summed E-state index contributed by atoms with van der Waals surface area (Å²) in [5.74, 6) is 0. The lowest BCUT2D eigenvalue weighted by Gasteiger charge is -2.41. The van der Waals surface area contributed by atoms with E-state index in [1.165, 1.54) is 7.11 Å². The molecule has 15 atom stereocenters. The molecule has 6 aliphatic heterocycles. The van der Waals surface area contributed by atoms with Gasteiger partial charge in [0.2, 0.25) is 0 Å². The number of hydrogen-bond donors (Lipinski definition) is 3. The van der Waals surface area contributed by atoms with Gasteiger partial charge in [-0.15, -0.1) is 0 Å². The minimum Gasteiger partial charge on any atom is -0.387 e. The summed E-state index contributed by atoms with van der Waals surface area (Å²) in [6, 6.07) is 0. The second-order valence-corrected chi connectivity index (χ2v) is 8.13. The van der Waals surface area contributed by atoms with Crippen molar-refractivity contribution < 1.29 is 58.0 Å². The van der Waals surface area contributed by atoms with Crippen molar-refractivity contribution in [1.29, 1.82) is 0 Å². The van der Waals surface area contributed by atoms with E-state index in [-0.39, 0.29) is 0 Å². The fourth-order valence-electron chi connectivity index (χ4n) is 4.37. The predicted molar refractivity (Wildman–Crippen MR) is 84.8 cm³/mol. The predicted octanol–water partition coefficient (Wildman–Crippen LogP) is -2.84. The van der Waals surface area contributed by atoms with Crippen LogP contribution in [0.25, 0.3) is 0 Å². The summed E-state index contributed by atoms with van der Waals surface area (Å²) in [7, 11) is 1.42. The van der Waals surface area contributed by atoms with Crippen molar-refractivity contribution in [2.45, 2.75) is 99.4 Å². The maximum absolute atomic E-state index is 10.7. The van der Waals surface area contributed by atoms with Crippen molar-refractivity contribution >= 4 is 0 Å². The summed E-state index contributed by atoms with van der Waals surface area (Å²) in [6.45, 7) is 1.75. The van der Waals surface area contributed by atoms with E-state index in [0.717, 1.165) is 0 Å². The standard InChI is InChI=1S/C17H24O12/c1-3-7(4(18)9-14(22-3)25-9)23-15-11(6(20)12-17(27-12)29-15)24-13-8(21-2)5(19)10-16(26-10)28-13/h3-20H,1-2H3/t3-,4?,5?,6?,7?,8?,9?,10?,11?,12?,13?,14?,15?,16?,17?/m0/s1. The lowest BCUT2D eigenvalue weighted by atomic mass is 10.0. The smallest absolute Gasteiger partial charge is 0.190 e. The number of aliphatic hydroxyl groups excluding tert-OH is 3. The third-order valence-electron chi connectivity index (χ3n) is 6.21. The fraction of sp³-hybridized carbons (Fsp3) is 1.00. The molecule has 6 rings (SSSR count). The molecule has 6 saturated heterocycles. The van der Waals surface area contributed by atoms with E-state index < -0.39 is 92.5 Å². The first-order valence-electron chi connectivity index (χ1n) is 9.77. The molecular formula is C17H24O12. The fourth-order valence-corrected chi connectivity index (χ4v) is 4.37. The largest absolute Gasteiger partial charge is 0.387 e. The zero-order valence-corrected chi connectivity index (χ0v) is 15.7. The SMILES string of the molecule is COC1C(OC2C(OC3C(O)C4OC4O[C@H]3C)OC3OC3C2O)OC2OC2C1O. The van der Waals surface area contributed by atoms with Crippen LogP contribution in [0.1, 0.15) is 6.92 Å². The van der Waals surface area contributed by atoms with Crippen LogP contribution in [0.4, 0.5) is 0 Å². The molecule has 0 amide bonds. The maximum Gasteiger partial charge on any atom is 0.190 e. The lowest BCUT2D eigenvalue weighted by molar-refractivity contribution is -0.340. The summed E-state index contributed by atoms with van der Waals surface area (Å²) in [5, 5.41) is 31.5. The van der Waals surface area contributed by atoms with E-state index in [4.69, 9.17) is 42.6 Å². The average Bonchev–Trinajstić information content (AvgIpc) is 3.54. The second kappa shape index (κ2) is 6.76. The lowest BCUT2D eigenvalue weighted by Crippen LogP contribution is -2.59. The normalized spacial score (nSPS) is 62.6. The number of methoxy groups -OCH3 is 1. The molecule has 0 aromatic rings. The van der Waals surface area contributed by atoms with Crippen molar-refractivity contribution in [2.75, 3.05) is 7.11 Å². The van der Waals surface area contributed by atoms with E-state index in [1.54, 1.807) is 6.92 Å². The Hall–Kier alpha value is -0.480. The van der Waals surface area contributed by atoms with Gasteiger partial charge < -0.3 is 58.0 Å². The molecule has 29 heavy (non-hydrogen) atoms. The van der Waals surface area contributed by atoms with E-state index in [9.17, 15) is 15.3 Å². The Morgan fingerprint density at radius 3 is 1.62 bits per heavy atom. The van der Waals surface area contributed by atoms with Gasteiger partial charge in [0.1, 0.15) is 54.9 Å². The molecule has 6 aliphatic rings. The Morgan fingerprint density at radius 1 is 0.586 bits per heavy atom. The third kappa shape index (κ3) is 3.14. The van der Waals surface area contributed by atoms with E-state index in [0.29, 0.717) is 0 Å². The van der Waals surface area contributed by atoms with Gasteiger partial charge in [-0.1, -0.05) is 0 Å². The molecule has 6 heterocycles.